The zero-order chi connectivity index (χ0) is 9.52. The van der Waals surface area contributed by atoms with Crippen LogP contribution in [0.2, 0.25) is 0 Å². The maximum Gasteiger partial charge on any atom is 0.0614 e. The molecule has 0 bridgehead atoms. The van der Waals surface area contributed by atoms with Crippen molar-refractivity contribution in [3.63, 3.8) is 0 Å². The summed E-state index contributed by atoms with van der Waals surface area (Å²) in [4.78, 5) is 0. The first-order valence-electron chi connectivity index (χ1n) is 4.66. The van der Waals surface area contributed by atoms with Gasteiger partial charge in [-0.15, -0.1) is 0 Å². The highest BCUT2D eigenvalue weighted by Crippen LogP contribution is 2.05. The summed E-state index contributed by atoms with van der Waals surface area (Å²) >= 11 is 0. The van der Waals surface area contributed by atoms with Crippen molar-refractivity contribution in [1.29, 1.82) is 0 Å². The lowest BCUT2D eigenvalue weighted by Crippen LogP contribution is -2.08. The highest BCUT2D eigenvalue weighted by molar-refractivity contribution is 5.15. The number of benzene rings is 1. The van der Waals surface area contributed by atoms with Gasteiger partial charge in [0.05, 0.1) is 6.10 Å². The van der Waals surface area contributed by atoms with Crippen LogP contribution in [0.15, 0.2) is 42.5 Å². The molecular formula is C12H16O. The van der Waals surface area contributed by atoms with Gasteiger partial charge in [-0.25, -0.2) is 0 Å². The fourth-order valence-electron chi connectivity index (χ4n) is 1.26. The van der Waals surface area contributed by atoms with E-state index in [9.17, 15) is 5.11 Å². The first-order chi connectivity index (χ1) is 6.33. The summed E-state index contributed by atoms with van der Waals surface area (Å²) in [5.41, 5.74) is 1.19. The number of aliphatic hydroxyl groups is 1. The van der Waals surface area contributed by atoms with Crippen molar-refractivity contribution in [1.82, 2.24) is 0 Å². The average Bonchev–Trinajstić information content (AvgIpc) is 2.16. The SMILES string of the molecule is C/C=C/CC(O)Cc1ccccc1. The Morgan fingerprint density at radius 2 is 2.00 bits per heavy atom. The Balaban J connectivity index is 2.40. The van der Waals surface area contributed by atoms with Gasteiger partial charge in [-0.1, -0.05) is 42.5 Å². The molecule has 1 aromatic rings. The number of rotatable bonds is 4. The third kappa shape index (κ3) is 3.90. The van der Waals surface area contributed by atoms with Crippen molar-refractivity contribution < 1.29 is 5.11 Å². The van der Waals surface area contributed by atoms with Crippen molar-refractivity contribution in [3.05, 3.63) is 48.0 Å². The fourth-order valence-corrected chi connectivity index (χ4v) is 1.26. The Bertz CT molecular complexity index is 251. The highest BCUT2D eigenvalue weighted by atomic mass is 16.3. The Morgan fingerprint density at radius 1 is 1.31 bits per heavy atom. The van der Waals surface area contributed by atoms with Crippen LogP contribution in [0.25, 0.3) is 0 Å². The summed E-state index contributed by atoms with van der Waals surface area (Å²) in [7, 11) is 0. The van der Waals surface area contributed by atoms with Crippen LogP contribution in [0.5, 0.6) is 0 Å². The van der Waals surface area contributed by atoms with E-state index in [0.29, 0.717) is 0 Å². The van der Waals surface area contributed by atoms with Crippen molar-refractivity contribution >= 4 is 0 Å². The molecule has 1 nitrogen and oxygen atoms in total. The number of allylic oxidation sites excluding steroid dienone is 1. The van der Waals surface area contributed by atoms with Crippen molar-refractivity contribution in [2.24, 2.45) is 0 Å². The zero-order valence-electron chi connectivity index (χ0n) is 7.98. The Labute approximate surface area is 79.7 Å². The van der Waals surface area contributed by atoms with E-state index in [-0.39, 0.29) is 6.10 Å². The molecule has 0 saturated heterocycles. The van der Waals surface area contributed by atoms with E-state index < -0.39 is 0 Å². The summed E-state index contributed by atoms with van der Waals surface area (Å²) in [5, 5.41) is 9.58. The van der Waals surface area contributed by atoms with Gasteiger partial charge in [-0.05, 0) is 25.3 Å². The Kier molecular flexibility index (Phi) is 4.27. The number of hydrogen-bond donors (Lipinski definition) is 1. The van der Waals surface area contributed by atoms with E-state index in [2.05, 4.69) is 0 Å². The van der Waals surface area contributed by atoms with Crippen molar-refractivity contribution in [2.45, 2.75) is 25.9 Å². The molecule has 13 heavy (non-hydrogen) atoms. The Morgan fingerprint density at radius 3 is 2.62 bits per heavy atom. The zero-order valence-corrected chi connectivity index (χ0v) is 7.98. The minimum atomic E-state index is -0.251. The van der Waals surface area contributed by atoms with Crippen LogP contribution >= 0.6 is 0 Å². The molecule has 1 unspecified atom stereocenters. The number of hydrogen-bond acceptors (Lipinski definition) is 1. The summed E-state index contributed by atoms with van der Waals surface area (Å²) in [6.45, 7) is 1.97. The lowest BCUT2D eigenvalue weighted by Gasteiger charge is -2.07. The van der Waals surface area contributed by atoms with Gasteiger partial charge in [-0.2, -0.15) is 0 Å². The molecule has 0 amide bonds. The van der Waals surface area contributed by atoms with Gasteiger partial charge in [0.15, 0.2) is 0 Å². The van der Waals surface area contributed by atoms with Gasteiger partial charge < -0.3 is 5.11 Å². The van der Waals surface area contributed by atoms with Crippen LogP contribution in [0.4, 0.5) is 0 Å². The minimum absolute atomic E-state index is 0.251. The molecule has 1 heteroatoms. The molecule has 0 aliphatic carbocycles. The molecule has 0 fully saturated rings. The third-order valence-electron chi connectivity index (χ3n) is 1.96. The first kappa shape index (κ1) is 10.0. The van der Waals surface area contributed by atoms with E-state index in [4.69, 9.17) is 0 Å². The van der Waals surface area contributed by atoms with Crippen LogP contribution < -0.4 is 0 Å². The van der Waals surface area contributed by atoms with E-state index in [1.54, 1.807) is 0 Å². The predicted octanol–water partition coefficient (Wildman–Crippen LogP) is 2.56. The molecule has 1 aromatic carbocycles. The molecule has 70 valence electrons. The minimum Gasteiger partial charge on any atom is -0.392 e. The topological polar surface area (TPSA) is 20.2 Å². The summed E-state index contributed by atoms with van der Waals surface area (Å²) in [5.74, 6) is 0. The predicted molar refractivity (Wildman–Crippen MR) is 55.6 cm³/mol. The molecule has 0 aliphatic heterocycles. The first-order valence-corrected chi connectivity index (χ1v) is 4.66. The van der Waals surface area contributed by atoms with Gasteiger partial charge in [0.25, 0.3) is 0 Å². The van der Waals surface area contributed by atoms with E-state index in [1.807, 2.05) is 49.4 Å². The van der Waals surface area contributed by atoms with E-state index >= 15 is 0 Å². The molecule has 0 radical (unpaired) electrons. The third-order valence-corrected chi connectivity index (χ3v) is 1.96. The Hall–Kier alpha value is -1.08. The second-order valence-electron chi connectivity index (χ2n) is 3.15. The van der Waals surface area contributed by atoms with E-state index in [1.165, 1.54) is 5.56 Å². The monoisotopic (exact) mass is 176 g/mol. The number of aliphatic hydroxyl groups excluding tert-OH is 1. The van der Waals surface area contributed by atoms with Gasteiger partial charge in [0.1, 0.15) is 0 Å². The summed E-state index contributed by atoms with van der Waals surface area (Å²) in [6, 6.07) is 10.1. The maximum atomic E-state index is 9.58. The molecule has 0 aliphatic rings. The lowest BCUT2D eigenvalue weighted by molar-refractivity contribution is 0.178. The van der Waals surface area contributed by atoms with E-state index in [0.717, 1.165) is 12.8 Å². The van der Waals surface area contributed by atoms with Gasteiger partial charge in [0.2, 0.25) is 0 Å². The van der Waals surface area contributed by atoms with Gasteiger partial charge >= 0.3 is 0 Å². The van der Waals surface area contributed by atoms with Gasteiger partial charge in [-0.3, -0.25) is 0 Å². The molecule has 0 aromatic heterocycles. The summed E-state index contributed by atoms with van der Waals surface area (Å²) in [6.07, 6.45) is 5.19. The molecule has 1 rings (SSSR count). The second-order valence-corrected chi connectivity index (χ2v) is 3.15. The average molecular weight is 176 g/mol. The molecule has 0 heterocycles. The van der Waals surface area contributed by atoms with Crippen LogP contribution in [0.3, 0.4) is 0 Å². The van der Waals surface area contributed by atoms with Crippen LogP contribution in [0, 0.1) is 0 Å². The van der Waals surface area contributed by atoms with Crippen molar-refractivity contribution in [2.75, 3.05) is 0 Å². The standard InChI is InChI=1S/C12H16O/c1-2-3-9-12(13)10-11-7-5-4-6-8-11/h2-8,12-13H,9-10H2,1H3/b3-2+. The van der Waals surface area contributed by atoms with Gasteiger partial charge in [0, 0.05) is 0 Å². The molecular weight excluding hydrogens is 160 g/mol. The molecule has 1 atom stereocenters. The smallest absolute Gasteiger partial charge is 0.0614 e. The quantitative estimate of drug-likeness (QED) is 0.699. The lowest BCUT2D eigenvalue weighted by atomic mass is 10.1. The molecule has 0 spiro atoms. The molecule has 1 N–H and O–H groups in total. The summed E-state index contributed by atoms with van der Waals surface area (Å²) < 4.78 is 0. The highest BCUT2D eigenvalue weighted by Gasteiger charge is 2.01. The van der Waals surface area contributed by atoms with Crippen LogP contribution in [-0.2, 0) is 6.42 Å². The normalized spacial score (nSPS) is 13.4. The maximum absolute atomic E-state index is 9.58. The second kappa shape index (κ2) is 5.55. The van der Waals surface area contributed by atoms with Crippen LogP contribution in [-0.4, -0.2) is 11.2 Å². The molecule has 0 saturated carbocycles. The largest absolute Gasteiger partial charge is 0.392 e. The van der Waals surface area contributed by atoms with Crippen LogP contribution in [0.1, 0.15) is 18.9 Å². The van der Waals surface area contributed by atoms with Crippen molar-refractivity contribution in [3.8, 4) is 0 Å². The fraction of sp³-hybridized carbons (Fsp3) is 0.333.